The van der Waals surface area contributed by atoms with Crippen LogP contribution in [0.15, 0.2) is 30.5 Å². The van der Waals surface area contributed by atoms with Gasteiger partial charge in [-0.25, -0.2) is 0 Å². The van der Waals surface area contributed by atoms with E-state index in [9.17, 15) is 0 Å². The highest BCUT2D eigenvalue weighted by Crippen LogP contribution is 2.23. The number of nitrogens with two attached hydrogens (primary N) is 1. The van der Waals surface area contributed by atoms with Crippen molar-refractivity contribution in [2.24, 2.45) is 12.8 Å². The minimum Gasteiger partial charge on any atom is -0.487 e. The number of hydrogen-bond acceptors (Lipinski definition) is 4. The standard InChI is InChI=1S/C12H16N4O/c1-9(13)11-5-3-4-6-12(11)17-8-10-7-16(2)15-14-10/h3-7,9H,8,13H2,1-2H3/t9-/m0/s1. The van der Waals surface area contributed by atoms with Crippen molar-refractivity contribution < 1.29 is 4.74 Å². The topological polar surface area (TPSA) is 66.0 Å². The van der Waals surface area contributed by atoms with Gasteiger partial charge in [0.05, 0.1) is 6.20 Å². The molecule has 0 fully saturated rings. The van der Waals surface area contributed by atoms with Gasteiger partial charge in [-0.2, -0.15) is 0 Å². The summed E-state index contributed by atoms with van der Waals surface area (Å²) in [7, 11) is 1.83. The van der Waals surface area contributed by atoms with Crippen molar-refractivity contribution in [2.45, 2.75) is 19.6 Å². The molecule has 0 radical (unpaired) electrons. The van der Waals surface area contributed by atoms with Crippen molar-refractivity contribution >= 4 is 0 Å². The SMILES string of the molecule is C[C@H](N)c1ccccc1OCc1cn(C)nn1. The van der Waals surface area contributed by atoms with Crippen molar-refractivity contribution in [3.63, 3.8) is 0 Å². The van der Waals surface area contributed by atoms with Crippen LogP contribution in [-0.2, 0) is 13.7 Å². The summed E-state index contributed by atoms with van der Waals surface area (Å²) < 4.78 is 7.35. The lowest BCUT2D eigenvalue weighted by Crippen LogP contribution is -2.08. The summed E-state index contributed by atoms with van der Waals surface area (Å²) >= 11 is 0. The van der Waals surface area contributed by atoms with E-state index in [-0.39, 0.29) is 6.04 Å². The van der Waals surface area contributed by atoms with Crippen LogP contribution < -0.4 is 10.5 Å². The molecular formula is C12H16N4O. The van der Waals surface area contributed by atoms with Gasteiger partial charge in [-0.1, -0.05) is 23.4 Å². The highest BCUT2D eigenvalue weighted by Gasteiger charge is 2.08. The van der Waals surface area contributed by atoms with Crippen LogP contribution in [0.3, 0.4) is 0 Å². The number of nitrogens with zero attached hydrogens (tertiary/aromatic N) is 3. The van der Waals surface area contributed by atoms with E-state index in [2.05, 4.69) is 10.3 Å². The fourth-order valence-corrected chi connectivity index (χ4v) is 1.60. The van der Waals surface area contributed by atoms with Crippen LogP contribution in [0.25, 0.3) is 0 Å². The van der Waals surface area contributed by atoms with Crippen LogP contribution in [-0.4, -0.2) is 15.0 Å². The molecule has 1 aromatic heterocycles. The summed E-state index contributed by atoms with van der Waals surface area (Å²) in [6, 6.07) is 7.71. The minimum atomic E-state index is -0.0481. The molecule has 0 saturated heterocycles. The molecule has 5 heteroatoms. The number of ether oxygens (including phenoxy) is 1. The Bertz CT molecular complexity index is 493. The first-order valence-electron chi connectivity index (χ1n) is 5.49. The Labute approximate surface area is 100 Å². The molecule has 2 aromatic rings. The average molecular weight is 232 g/mol. The lowest BCUT2D eigenvalue weighted by Gasteiger charge is -2.12. The molecular weight excluding hydrogens is 216 g/mol. The normalized spacial score (nSPS) is 12.4. The highest BCUT2D eigenvalue weighted by molar-refractivity contribution is 5.35. The molecule has 2 rings (SSSR count). The predicted octanol–water partition coefficient (Wildman–Crippen LogP) is 1.41. The maximum Gasteiger partial charge on any atom is 0.134 e. The van der Waals surface area contributed by atoms with Crippen LogP contribution in [0, 0.1) is 0 Å². The van der Waals surface area contributed by atoms with Gasteiger partial charge in [-0.3, -0.25) is 4.68 Å². The van der Waals surface area contributed by atoms with E-state index in [4.69, 9.17) is 10.5 Å². The second kappa shape index (κ2) is 4.97. The third-order valence-corrected chi connectivity index (χ3v) is 2.44. The number of benzene rings is 1. The Kier molecular flexibility index (Phi) is 3.39. The first-order valence-corrected chi connectivity index (χ1v) is 5.49. The summed E-state index contributed by atoms with van der Waals surface area (Å²) in [6.45, 7) is 2.34. The molecule has 0 saturated carbocycles. The summed E-state index contributed by atoms with van der Waals surface area (Å²) in [5, 5.41) is 7.81. The molecule has 0 aliphatic carbocycles. The largest absolute Gasteiger partial charge is 0.487 e. The van der Waals surface area contributed by atoms with E-state index in [1.165, 1.54) is 0 Å². The molecule has 0 spiro atoms. The van der Waals surface area contributed by atoms with Crippen LogP contribution in [0.2, 0.25) is 0 Å². The number of hydrogen-bond donors (Lipinski definition) is 1. The van der Waals surface area contributed by atoms with Crippen molar-refractivity contribution in [3.05, 3.63) is 41.7 Å². The molecule has 5 nitrogen and oxygen atoms in total. The fraction of sp³-hybridized carbons (Fsp3) is 0.333. The van der Waals surface area contributed by atoms with Gasteiger partial charge in [0.2, 0.25) is 0 Å². The van der Waals surface area contributed by atoms with E-state index in [1.54, 1.807) is 4.68 Å². The molecule has 0 bridgehead atoms. The molecule has 1 atom stereocenters. The Balaban J connectivity index is 2.08. The lowest BCUT2D eigenvalue weighted by molar-refractivity contribution is 0.296. The summed E-state index contributed by atoms with van der Waals surface area (Å²) in [5.41, 5.74) is 7.67. The maximum absolute atomic E-state index is 5.88. The van der Waals surface area contributed by atoms with Crippen molar-refractivity contribution in [3.8, 4) is 5.75 Å². The second-order valence-corrected chi connectivity index (χ2v) is 4.00. The Morgan fingerprint density at radius 2 is 2.18 bits per heavy atom. The lowest BCUT2D eigenvalue weighted by atomic mass is 10.1. The molecule has 90 valence electrons. The molecule has 2 N–H and O–H groups in total. The molecule has 1 aromatic carbocycles. The van der Waals surface area contributed by atoms with Crippen LogP contribution in [0.5, 0.6) is 5.75 Å². The number of aromatic nitrogens is 3. The predicted molar refractivity (Wildman–Crippen MR) is 64.4 cm³/mol. The Morgan fingerprint density at radius 3 is 2.82 bits per heavy atom. The van der Waals surface area contributed by atoms with E-state index < -0.39 is 0 Å². The maximum atomic E-state index is 5.88. The van der Waals surface area contributed by atoms with Crippen molar-refractivity contribution in [2.75, 3.05) is 0 Å². The van der Waals surface area contributed by atoms with Crippen LogP contribution in [0.1, 0.15) is 24.2 Å². The first-order chi connectivity index (χ1) is 8.16. The first kappa shape index (κ1) is 11.6. The van der Waals surface area contributed by atoms with Gasteiger partial charge in [-0.15, -0.1) is 5.10 Å². The molecule has 0 unspecified atom stereocenters. The minimum absolute atomic E-state index is 0.0481. The van der Waals surface area contributed by atoms with Crippen molar-refractivity contribution in [1.29, 1.82) is 0 Å². The monoisotopic (exact) mass is 232 g/mol. The third kappa shape index (κ3) is 2.82. The van der Waals surface area contributed by atoms with Crippen LogP contribution >= 0.6 is 0 Å². The van der Waals surface area contributed by atoms with Crippen LogP contribution in [0.4, 0.5) is 0 Å². The Hall–Kier alpha value is -1.88. The van der Waals surface area contributed by atoms with Gasteiger partial charge >= 0.3 is 0 Å². The highest BCUT2D eigenvalue weighted by atomic mass is 16.5. The molecule has 0 aliphatic rings. The smallest absolute Gasteiger partial charge is 0.134 e. The zero-order valence-electron chi connectivity index (χ0n) is 10.00. The van der Waals surface area contributed by atoms with E-state index in [1.807, 2.05) is 44.4 Å². The second-order valence-electron chi connectivity index (χ2n) is 4.00. The van der Waals surface area contributed by atoms with E-state index >= 15 is 0 Å². The van der Waals surface area contributed by atoms with Crippen molar-refractivity contribution in [1.82, 2.24) is 15.0 Å². The van der Waals surface area contributed by atoms with Gasteiger partial charge in [0.25, 0.3) is 0 Å². The van der Waals surface area contributed by atoms with E-state index in [0.717, 1.165) is 17.0 Å². The Morgan fingerprint density at radius 1 is 1.41 bits per heavy atom. The van der Waals surface area contributed by atoms with Gasteiger partial charge in [0.15, 0.2) is 0 Å². The van der Waals surface area contributed by atoms with Gasteiger partial charge < -0.3 is 10.5 Å². The van der Waals surface area contributed by atoms with Gasteiger partial charge in [0, 0.05) is 18.7 Å². The summed E-state index contributed by atoms with van der Waals surface area (Å²) in [4.78, 5) is 0. The molecule has 17 heavy (non-hydrogen) atoms. The number of para-hydroxylation sites is 1. The molecule has 0 aliphatic heterocycles. The average Bonchev–Trinajstić information content (AvgIpc) is 2.73. The molecule has 0 amide bonds. The quantitative estimate of drug-likeness (QED) is 0.865. The van der Waals surface area contributed by atoms with Gasteiger partial charge in [0.1, 0.15) is 18.1 Å². The summed E-state index contributed by atoms with van der Waals surface area (Å²) in [5.74, 6) is 0.799. The number of rotatable bonds is 4. The van der Waals surface area contributed by atoms with Gasteiger partial charge in [-0.05, 0) is 13.0 Å². The zero-order valence-corrected chi connectivity index (χ0v) is 10.00. The number of aryl methyl sites for hydroxylation is 1. The fourth-order valence-electron chi connectivity index (χ4n) is 1.60. The van der Waals surface area contributed by atoms with E-state index in [0.29, 0.717) is 6.61 Å². The summed E-state index contributed by atoms with van der Waals surface area (Å²) in [6.07, 6.45) is 1.83. The third-order valence-electron chi connectivity index (χ3n) is 2.44. The zero-order chi connectivity index (χ0) is 12.3. The molecule has 1 heterocycles.